The van der Waals surface area contributed by atoms with Gasteiger partial charge in [-0.15, -0.1) is 0 Å². The van der Waals surface area contributed by atoms with Gasteiger partial charge >= 0.3 is 0 Å². The molecule has 0 unspecified atom stereocenters. The molecule has 2 heterocycles. The van der Waals surface area contributed by atoms with Crippen molar-refractivity contribution in [2.24, 2.45) is 15.9 Å². The molecule has 0 radical (unpaired) electrons. The zero-order valence-electron chi connectivity index (χ0n) is 10.2. The number of aliphatic imine (C=N–C) groups is 2. The largest absolute Gasteiger partial charge is 0.317 e. The van der Waals surface area contributed by atoms with E-state index in [1.54, 1.807) is 6.07 Å². The number of nitrogens with zero attached hydrogens (tertiary/aromatic N) is 2. The molecular weight excluding hydrogens is 229 g/mol. The minimum absolute atomic E-state index is 0.235. The Morgan fingerprint density at radius 3 is 2.83 bits per heavy atom. The number of halogens is 1. The first-order valence-electron chi connectivity index (χ1n) is 6.41. The van der Waals surface area contributed by atoms with Gasteiger partial charge < -0.3 is 5.32 Å². The van der Waals surface area contributed by atoms with Gasteiger partial charge in [-0.05, 0) is 38.1 Å². The van der Waals surface area contributed by atoms with Crippen molar-refractivity contribution < 1.29 is 4.39 Å². The number of amidine groups is 1. The first kappa shape index (κ1) is 11.5. The predicted molar refractivity (Wildman–Crippen MR) is 70.8 cm³/mol. The van der Waals surface area contributed by atoms with Gasteiger partial charge in [0.2, 0.25) is 0 Å². The molecule has 0 aliphatic carbocycles. The van der Waals surface area contributed by atoms with Crippen molar-refractivity contribution >= 4 is 11.5 Å². The topological polar surface area (TPSA) is 36.8 Å². The lowest BCUT2D eigenvalue weighted by molar-refractivity contribution is 0.455. The van der Waals surface area contributed by atoms with E-state index in [1.165, 1.54) is 12.1 Å². The van der Waals surface area contributed by atoms with Crippen LogP contribution in [0.1, 0.15) is 18.4 Å². The fourth-order valence-corrected chi connectivity index (χ4v) is 2.52. The SMILES string of the molecule is Fc1cccc(C2=NCC(C3CCNCC3)=N2)c1. The zero-order valence-corrected chi connectivity index (χ0v) is 10.2. The van der Waals surface area contributed by atoms with E-state index < -0.39 is 0 Å². The van der Waals surface area contributed by atoms with Gasteiger partial charge in [0, 0.05) is 17.2 Å². The smallest absolute Gasteiger partial charge is 0.155 e. The molecule has 0 amide bonds. The van der Waals surface area contributed by atoms with E-state index in [4.69, 9.17) is 0 Å². The Hall–Kier alpha value is -1.55. The highest BCUT2D eigenvalue weighted by molar-refractivity contribution is 6.12. The summed E-state index contributed by atoms with van der Waals surface area (Å²) in [7, 11) is 0. The Morgan fingerprint density at radius 2 is 2.06 bits per heavy atom. The first-order valence-corrected chi connectivity index (χ1v) is 6.41. The minimum atomic E-state index is -0.235. The molecule has 2 aliphatic rings. The number of hydrogen-bond donors (Lipinski definition) is 1. The van der Waals surface area contributed by atoms with Crippen molar-refractivity contribution in [2.45, 2.75) is 12.8 Å². The standard InChI is InChI=1S/C14H16FN3/c15-12-3-1-2-11(8-12)14-17-9-13(18-14)10-4-6-16-7-5-10/h1-3,8,10,16H,4-7,9H2. The van der Waals surface area contributed by atoms with Crippen molar-refractivity contribution in [3.63, 3.8) is 0 Å². The number of benzene rings is 1. The summed E-state index contributed by atoms with van der Waals surface area (Å²) in [4.78, 5) is 9.02. The van der Waals surface area contributed by atoms with Crippen molar-refractivity contribution in [3.05, 3.63) is 35.6 Å². The lowest BCUT2D eigenvalue weighted by atomic mass is 9.93. The molecule has 3 rings (SSSR count). The van der Waals surface area contributed by atoms with Gasteiger partial charge in [0.05, 0.1) is 6.54 Å². The van der Waals surface area contributed by atoms with Crippen LogP contribution in [0.2, 0.25) is 0 Å². The summed E-state index contributed by atoms with van der Waals surface area (Å²) < 4.78 is 13.2. The molecule has 0 atom stereocenters. The molecule has 0 saturated carbocycles. The Morgan fingerprint density at radius 1 is 1.22 bits per heavy atom. The molecule has 1 aromatic carbocycles. The van der Waals surface area contributed by atoms with Crippen LogP contribution in [0.25, 0.3) is 0 Å². The molecule has 1 aromatic rings. The first-order chi connectivity index (χ1) is 8.83. The molecule has 1 fully saturated rings. The number of hydrogen-bond acceptors (Lipinski definition) is 3. The maximum absolute atomic E-state index is 13.2. The molecule has 3 nitrogen and oxygen atoms in total. The van der Waals surface area contributed by atoms with Gasteiger partial charge in [-0.3, -0.25) is 4.99 Å². The van der Waals surface area contributed by atoms with Crippen molar-refractivity contribution in [1.29, 1.82) is 0 Å². The van der Waals surface area contributed by atoms with Crippen LogP contribution in [0.3, 0.4) is 0 Å². The van der Waals surface area contributed by atoms with Crippen molar-refractivity contribution in [3.8, 4) is 0 Å². The quantitative estimate of drug-likeness (QED) is 0.850. The van der Waals surface area contributed by atoms with E-state index in [0.29, 0.717) is 18.3 Å². The highest BCUT2D eigenvalue weighted by Crippen LogP contribution is 2.19. The molecule has 94 valence electrons. The highest BCUT2D eigenvalue weighted by atomic mass is 19.1. The number of piperidine rings is 1. The van der Waals surface area contributed by atoms with Crippen molar-refractivity contribution in [2.75, 3.05) is 19.6 Å². The van der Waals surface area contributed by atoms with Crippen LogP contribution >= 0.6 is 0 Å². The van der Waals surface area contributed by atoms with E-state index in [-0.39, 0.29) is 5.82 Å². The fourth-order valence-electron chi connectivity index (χ4n) is 2.52. The third-order valence-corrected chi connectivity index (χ3v) is 3.53. The zero-order chi connectivity index (χ0) is 12.4. The maximum atomic E-state index is 13.2. The van der Waals surface area contributed by atoms with E-state index in [0.717, 1.165) is 37.2 Å². The molecule has 1 N–H and O–H groups in total. The van der Waals surface area contributed by atoms with Gasteiger partial charge in [-0.1, -0.05) is 12.1 Å². The molecular formula is C14H16FN3. The van der Waals surface area contributed by atoms with E-state index in [9.17, 15) is 4.39 Å². The molecule has 0 aromatic heterocycles. The summed E-state index contributed by atoms with van der Waals surface area (Å²) in [5.74, 6) is 0.991. The summed E-state index contributed by atoms with van der Waals surface area (Å²) in [5.41, 5.74) is 1.94. The molecule has 1 saturated heterocycles. The molecule has 4 heteroatoms. The summed E-state index contributed by atoms with van der Waals surface area (Å²) in [6, 6.07) is 6.49. The van der Waals surface area contributed by atoms with Crippen LogP contribution in [0.5, 0.6) is 0 Å². The van der Waals surface area contributed by atoms with Gasteiger partial charge in [-0.25, -0.2) is 9.38 Å². The average molecular weight is 245 g/mol. The number of nitrogens with one attached hydrogen (secondary N) is 1. The summed E-state index contributed by atoms with van der Waals surface area (Å²) >= 11 is 0. The monoisotopic (exact) mass is 245 g/mol. The molecule has 18 heavy (non-hydrogen) atoms. The van der Waals surface area contributed by atoms with Crippen LogP contribution < -0.4 is 5.32 Å². The van der Waals surface area contributed by atoms with Gasteiger partial charge in [0.1, 0.15) is 5.82 Å². The highest BCUT2D eigenvalue weighted by Gasteiger charge is 2.22. The van der Waals surface area contributed by atoms with Crippen LogP contribution in [-0.2, 0) is 0 Å². The fraction of sp³-hybridized carbons (Fsp3) is 0.429. The minimum Gasteiger partial charge on any atom is -0.317 e. The lowest BCUT2D eigenvalue weighted by Crippen LogP contribution is -2.32. The van der Waals surface area contributed by atoms with Gasteiger partial charge in [-0.2, -0.15) is 0 Å². The molecule has 2 aliphatic heterocycles. The summed E-state index contributed by atoms with van der Waals surface area (Å²) in [5, 5.41) is 3.35. The Kier molecular flexibility index (Phi) is 3.19. The second-order valence-electron chi connectivity index (χ2n) is 4.78. The predicted octanol–water partition coefficient (Wildman–Crippen LogP) is 2.03. The van der Waals surface area contributed by atoms with Crippen LogP contribution in [-0.4, -0.2) is 31.2 Å². The van der Waals surface area contributed by atoms with Gasteiger partial charge in [0.15, 0.2) is 5.84 Å². The summed E-state index contributed by atoms with van der Waals surface area (Å²) in [6.45, 7) is 2.79. The van der Waals surface area contributed by atoms with E-state index >= 15 is 0 Å². The van der Waals surface area contributed by atoms with Crippen LogP contribution in [0.15, 0.2) is 34.3 Å². The molecule has 0 spiro atoms. The lowest BCUT2D eigenvalue weighted by Gasteiger charge is -2.22. The molecule has 0 bridgehead atoms. The van der Waals surface area contributed by atoms with Crippen LogP contribution in [0.4, 0.5) is 4.39 Å². The maximum Gasteiger partial charge on any atom is 0.155 e. The van der Waals surface area contributed by atoms with Gasteiger partial charge in [0.25, 0.3) is 0 Å². The second-order valence-corrected chi connectivity index (χ2v) is 4.78. The Labute approximate surface area is 106 Å². The van der Waals surface area contributed by atoms with Crippen molar-refractivity contribution in [1.82, 2.24) is 5.32 Å². The second kappa shape index (κ2) is 4.98. The van der Waals surface area contributed by atoms with Crippen LogP contribution in [0, 0.1) is 11.7 Å². The third-order valence-electron chi connectivity index (χ3n) is 3.53. The third kappa shape index (κ3) is 2.34. The Bertz CT molecular complexity index is 502. The Balaban J connectivity index is 1.77. The average Bonchev–Trinajstić information content (AvgIpc) is 2.89. The number of rotatable bonds is 2. The van der Waals surface area contributed by atoms with E-state index in [2.05, 4.69) is 15.3 Å². The normalized spacial score (nSPS) is 20.7. The summed E-state index contributed by atoms with van der Waals surface area (Å²) in [6.07, 6.45) is 2.26. The van der Waals surface area contributed by atoms with E-state index in [1.807, 2.05) is 6.07 Å².